The van der Waals surface area contributed by atoms with Gasteiger partial charge in [-0.2, -0.15) is 0 Å². The molecule has 1 aliphatic carbocycles. The van der Waals surface area contributed by atoms with Crippen LogP contribution in [0.25, 0.3) is 0 Å². The molecule has 15 heavy (non-hydrogen) atoms. The number of nitrogens with zero attached hydrogens (tertiary/aromatic N) is 3. The molecular formula is C11H16BrN3. The first-order valence-corrected chi connectivity index (χ1v) is 6.17. The largest absolute Gasteiger partial charge is 0.359 e. The number of aromatic nitrogens is 2. The van der Waals surface area contributed by atoms with E-state index in [-0.39, 0.29) is 0 Å². The van der Waals surface area contributed by atoms with E-state index in [0.29, 0.717) is 0 Å². The van der Waals surface area contributed by atoms with Crippen molar-refractivity contribution in [2.75, 3.05) is 18.5 Å². The second-order valence-corrected chi connectivity index (χ2v) is 5.09. The summed E-state index contributed by atoms with van der Waals surface area (Å²) in [6, 6.07) is 1.98. The molecule has 0 spiro atoms. The van der Waals surface area contributed by atoms with Gasteiger partial charge in [-0.3, -0.25) is 0 Å². The van der Waals surface area contributed by atoms with Gasteiger partial charge in [-0.25, -0.2) is 9.97 Å². The molecule has 2 rings (SSSR count). The maximum atomic E-state index is 4.43. The van der Waals surface area contributed by atoms with Crippen molar-refractivity contribution in [1.29, 1.82) is 0 Å². The highest BCUT2D eigenvalue weighted by atomic mass is 79.9. The van der Waals surface area contributed by atoms with E-state index in [1.807, 2.05) is 13.0 Å². The minimum Gasteiger partial charge on any atom is -0.359 e. The van der Waals surface area contributed by atoms with E-state index in [2.05, 4.69) is 37.8 Å². The van der Waals surface area contributed by atoms with Gasteiger partial charge in [-0.15, -0.1) is 0 Å². The van der Waals surface area contributed by atoms with Crippen molar-refractivity contribution in [2.24, 2.45) is 5.92 Å². The van der Waals surface area contributed by atoms with Gasteiger partial charge in [0.1, 0.15) is 16.2 Å². The summed E-state index contributed by atoms with van der Waals surface area (Å²) in [6.07, 6.45) is 4.14. The second kappa shape index (κ2) is 4.47. The van der Waals surface area contributed by atoms with Crippen molar-refractivity contribution in [3.8, 4) is 0 Å². The Balaban J connectivity index is 2.06. The highest BCUT2D eigenvalue weighted by molar-refractivity contribution is 9.10. The minimum atomic E-state index is 0.819. The van der Waals surface area contributed by atoms with E-state index < -0.39 is 0 Å². The van der Waals surface area contributed by atoms with E-state index in [0.717, 1.165) is 28.7 Å². The van der Waals surface area contributed by atoms with Gasteiger partial charge in [0, 0.05) is 19.7 Å². The van der Waals surface area contributed by atoms with Crippen LogP contribution in [0.3, 0.4) is 0 Å². The van der Waals surface area contributed by atoms with Gasteiger partial charge < -0.3 is 4.90 Å². The highest BCUT2D eigenvalue weighted by Crippen LogP contribution is 2.28. The van der Waals surface area contributed by atoms with Crippen LogP contribution in [0.4, 0.5) is 5.82 Å². The maximum absolute atomic E-state index is 4.43. The maximum Gasteiger partial charge on any atom is 0.133 e. The van der Waals surface area contributed by atoms with Crippen LogP contribution in [-0.2, 0) is 0 Å². The Morgan fingerprint density at radius 3 is 2.73 bits per heavy atom. The quantitative estimate of drug-likeness (QED) is 0.791. The summed E-state index contributed by atoms with van der Waals surface area (Å²) < 4.78 is 0.866. The molecule has 0 unspecified atom stereocenters. The molecule has 3 nitrogen and oxygen atoms in total. The lowest BCUT2D eigenvalue weighted by molar-refractivity contribution is 0.321. The fourth-order valence-corrected chi connectivity index (χ4v) is 2.33. The van der Waals surface area contributed by atoms with Gasteiger partial charge in [-0.05, 0) is 41.6 Å². The summed E-state index contributed by atoms with van der Waals surface area (Å²) in [4.78, 5) is 10.9. The Kier molecular flexibility index (Phi) is 3.24. The molecule has 4 heteroatoms. The van der Waals surface area contributed by atoms with Crippen molar-refractivity contribution in [3.05, 3.63) is 16.5 Å². The lowest BCUT2D eigenvalue weighted by Gasteiger charge is -2.30. The second-order valence-electron chi connectivity index (χ2n) is 4.27. The van der Waals surface area contributed by atoms with Crippen LogP contribution < -0.4 is 4.90 Å². The predicted molar refractivity (Wildman–Crippen MR) is 65.1 cm³/mol. The Morgan fingerprint density at radius 1 is 1.47 bits per heavy atom. The van der Waals surface area contributed by atoms with Gasteiger partial charge in [-0.1, -0.05) is 6.42 Å². The molecule has 0 atom stereocenters. The monoisotopic (exact) mass is 269 g/mol. The Bertz CT molecular complexity index is 329. The normalized spacial score (nSPS) is 16.2. The molecule has 0 bridgehead atoms. The van der Waals surface area contributed by atoms with Crippen molar-refractivity contribution >= 4 is 21.7 Å². The molecule has 1 aromatic rings. The minimum absolute atomic E-state index is 0.819. The first-order valence-electron chi connectivity index (χ1n) is 5.37. The first-order chi connectivity index (χ1) is 7.15. The van der Waals surface area contributed by atoms with Gasteiger partial charge >= 0.3 is 0 Å². The molecule has 1 aliphatic rings. The molecule has 1 aromatic heterocycles. The van der Waals surface area contributed by atoms with Crippen molar-refractivity contribution in [2.45, 2.75) is 26.2 Å². The van der Waals surface area contributed by atoms with E-state index in [1.165, 1.54) is 19.3 Å². The Hall–Kier alpha value is -0.640. The fourth-order valence-electron chi connectivity index (χ4n) is 1.87. The van der Waals surface area contributed by atoms with E-state index in [9.17, 15) is 0 Å². The zero-order valence-corrected chi connectivity index (χ0v) is 10.8. The number of rotatable bonds is 3. The van der Waals surface area contributed by atoms with Gasteiger partial charge in [0.2, 0.25) is 0 Å². The molecule has 1 saturated carbocycles. The predicted octanol–water partition coefficient (Wildman–Crippen LogP) is 2.78. The number of hydrogen-bond acceptors (Lipinski definition) is 3. The van der Waals surface area contributed by atoms with Crippen LogP contribution in [0.2, 0.25) is 0 Å². The van der Waals surface area contributed by atoms with Crippen LogP contribution in [0, 0.1) is 12.8 Å². The Labute approximate surface area is 99.0 Å². The van der Waals surface area contributed by atoms with Crippen LogP contribution in [0.5, 0.6) is 0 Å². The van der Waals surface area contributed by atoms with Crippen LogP contribution >= 0.6 is 15.9 Å². The zero-order valence-electron chi connectivity index (χ0n) is 9.20. The fraction of sp³-hybridized carbons (Fsp3) is 0.636. The van der Waals surface area contributed by atoms with E-state index in [4.69, 9.17) is 0 Å². The summed E-state index contributed by atoms with van der Waals surface area (Å²) in [5.41, 5.74) is 0. The Morgan fingerprint density at radius 2 is 2.20 bits per heavy atom. The summed E-state index contributed by atoms with van der Waals surface area (Å²) in [6.45, 7) is 3.04. The van der Waals surface area contributed by atoms with Gasteiger partial charge in [0.05, 0.1) is 0 Å². The molecule has 0 aliphatic heterocycles. The molecule has 0 aromatic carbocycles. The smallest absolute Gasteiger partial charge is 0.133 e. The molecular weight excluding hydrogens is 254 g/mol. The first kappa shape index (κ1) is 10.9. The summed E-state index contributed by atoms with van der Waals surface area (Å²) in [7, 11) is 2.10. The lowest BCUT2D eigenvalue weighted by atomic mass is 9.85. The third-order valence-electron chi connectivity index (χ3n) is 2.94. The molecule has 0 radical (unpaired) electrons. The van der Waals surface area contributed by atoms with E-state index >= 15 is 0 Å². The SMILES string of the molecule is Cc1nc(Br)cc(N(C)CC2CCC2)n1. The van der Waals surface area contributed by atoms with Gasteiger partial charge in [0.15, 0.2) is 0 Å². The summed E-state index contributed by atoms with van der Waals surface area (Å²) in [5.74, 6) is 2.70. The molecule has 82 valence electrons. The number of hydrogen-bond donors (Lipinski definition) is 0. The number of aryl methyl sites for hydroxylation is 1. The van der Waals surface area contributed by atoms with Crippen LogP contribution in [0.15, 0.2) is 10.7 Å². The third kappa shape index (κ3) is 2.68. The van der Waals surface area contributed by atoms with Gasteiger partial charge in [0.25, 0.3) is 0 Å². The standard InChI is InChI=1S/C11H16BrN3/c1-8-13-10(12)6-11(14-8)15(2)7-9-4-3-5-9/h6,9H,3-5,7H2,1-2H3. The topological polar surface area (TPSA) is 29.0 Å². The molecule has 1 fully saturated rings. The van der Waals surface area contributed by atoms with Crippen molar-refractivity contribution in [1.82, 2.24) is 9.97 Å². The molecule has 1 heterocycles. The van der Waals surface area contributed by atoms with Crippen LogP contribution in [-0.4, -0.2) is 23.6 Å². The number of anilines is 1. The lowest BCUT2D eigenvalue weighted by Crippen LogP contribution is -2.30. The van der Waals surface area contributed by atoms with E-state index in [1.54, 1.807) is 0 Å². The average molecular weight is 270 g/mol. The van der Waals surface area contributed by atoms with Crippen molar-refractivity contribution < 1.29 is 0 Å². The molecule has 0 saturated heterocycles. The summed E-state index contributed by atoms with van der Waals surface area (Å²) >= 11 is 3.40. The zero-order chi connectivity index (χ0) is 10.8. The third-order valence-corrected chi connectivity index (χ3v) is 3.35. The highest BCUT2D eigenvalue weighted by Gasteiger charge is 2.19. The van der Waals surface area contributed by atoms with Crippen molar-refractivity contribution in [3.63, 3.8) is 0 Å². The number of halogens is 1. The summed E-state index contributed by atoms with van der Waals surface area (Å²) in [5, 5.41) is 0. The molecule has 0 amide bonds. The average Bonchev–Trinajstić information content (AvgIpc) is 2.09. The van der Waals surface area contributed by atoms with Crippen LogP contribution in [0.1, 0.15) is 25.1 Å². The molecule has 0 N–H and O–H groups in total.